The second kappa shape index (κ2) is 8.88. The number of aryl methyl sites for hydroxylation is 1. The number of nitrogens with one attached hydrogen (secondary N) is 2. The van der Waals surface area contributed by atoms with E-state index in [4.69, 9.17) is 0 Å². The summed E-state index contributed by atoms with van der Waals surface area (Å²) < 4.78 is 28.0. The van der Waals surface area contributed by atoms with Crippen molar-refractivity contribution in [2.45, 2.75) is 49.5 Å². The molecule has 10 nitrogen and oxygen atoms in total. The highest BCUT2D eigenvalue weighted by Gasteiger charge is 2.62. The van der Waals surface area contributed by atoms with Crippen LogP contribution in [-0.2, 0) is 44.6 Å². The summed E-state index contributed by atoms with van der Waals surface area (Å²) in [5.41, 5.74) is 1.72. The number of alkyl halides is 2. The van der Waals surface area contributed by atoms with Gasteiger partial charge in [-0.25, -0.2) is 18.6 Å². The van der Waals surface area contributed by atoms with Crippen molar-refractivity contribution in [3.05, 3.63) is 82.8 Å². The van der Waals surface area contributed by atoms with E-state index in [1.807, 2.05) is 18.2 Å². The molecule has 4 heterocycles. The highest BCUT2D eigenvalue weighted by atomic mass is 19.3. The number of imide groups is 1. The molecular formula is C30H26F2N6O4. The van der Waals surface area contributed by atoms with Gasteiger partial charge in [0.15, 0.2) is 5.54 Å². The van der Waals surface area contributed by atoms with Gasteiger partial charge in [-0.1, -0.05) is 30.3 Å². The topological polar surface area (TPSA) is 125 Å². The third-order valence-electron chi connectivity index (χ3n) is 8.77. The van der Waals surface area contributed by atoms with Crippen molar-refractivity contribution < 1.29 is 28.0 Å². The molecule has 1 fully saturated rings. The van der Waals surface area contributed by atoms with E-state index in [1.54, 1.807) is 30.5 Å². The summed E-state index contributed by atoms with van der Waals surface area (Å²) in [7, 11) is 0. The van der Waals surface area contributed by atoms with Crippen LogP contribution in [0.4, 0.5) is 25.1 Å². The van der Waals surface area contributed by atoms with Crippen LogP contribution in [0.15, 0.2) is 54.9 Å². The lowest BCUT2D eigenvalue weighted by Crippen LogP contribution is -2.48. The first-order valence-electron chi connectivity index (χ1n) is 13.7. The van der Waals surface area contributed by atoms with Gasteiger partial charge in [0.2, 0.25) is 11.8 Å². The molecule has 0 radical (unpaired) electrons. The Morgan fingerprint density at radius 1 is 1.07 bits per heavy atom. The molecule has 4 aliphatic rings. The third kappa shape index (κ3) is 3.74. The number of carbonyl (C=O) groups is 4. The van der Waals surface area contributed by atoms with Gasteiger partial charge in [0.05, 0.1) is 23.8 Å². The molecule has 2 unspecified atom stereocenters. The maximum absolute atomic E-state index is 14.0. The third-order valence-corrected chi connectivity index (χ3v) is 8.77. The summed E-state index contributed by atoms with van der Waals surface area (Å²) in [5.74, 6) is -4.27. The molecule has 214 valence electrons. The monoisotopic (exact) mass is 572 g/mol. The van der Waals surface area contributed by atoms with Crippen LogP contribution in [0.1, 0.15) is 41.3 Å². The molecule has 2 atom stereocenters. The first-order chi connectivity index (χ1) is 20.0. The summed E-state index contributed by atoms with van der Waals surface area (Å²) in [4.78, 5) is 63.9. The van der Waals surface area contributed by atoms with Crippen LogP contribution in [0.25, 0.3) is 0 Å². The zero-order valence-corrected chi connectivity index (χ0v) is 22.6. The Labute approximate surface area is 239 Å². The molecule has 3 aromatic rings. The van der Waals surface area contributed by atoms with Crippen molar-refractivity contribution in [1.82, 2.24) is 19.8 Å². The summed E-state index contributed by atoms with van der Waals surface area (Å²) >= 11 is 0. The van der Waals surface area contributed by atoms with E-state index >= 15 is 0 Å². The van der Waals surface area contributed by atoms with Crippen LogP contribution in [0.3, 0.4) is 0 Å². The number of nitrogens with zero attached hydrogens (tertiary/aromatic N) is 4. The van der Waals surface area contributed by atoms with E-state index < -0.39 is 47.8 Å². The molecule has 12 heteroatoms. The lowest BCUT2D eigenvalue weighted by Gasteiger charge is -2.32. The fraction of sp³-hybridized carbons (Fsp3) is 0.333. The molecule has 2 spiro atoms. The number of hydrogen-bond donors (Lipinski definition) is 2. The second-order valence-electron chi connectivity index (χ2n) is 11.5. The molecule has 5 amide bonds. The maximum Gasteiger partial charge on any atom is 0.328 e. The Morgan fingerprint density at radius 2 is 1.86 bits per heavy atom. The van der Waals surface area contributed by atoms with E-state index in [2.05, 4.69) is 20.6 Å². The molecule has 1 aromatic carbocycles. The van der Waals surface area contributed by atoms with Gasteiger partial charge < -0.3 is 10.6 Å². The minimum atomic E-state index is -3.30. The van der Waals surface area contributed by atoms with Crippen molar-refractivity contribution >= 4 is 35.3 Å². The number of carbonyl (C=O) groups excluding carboxylic acids is 4. The summed E-state index contributed by atoms with van der Waals surface area (Å²) in [6.07, 6.45) is 4.53. The average Bonchev–Trinajstić information content (AvgIpc) is 3.65. The van der Waals surface area contributed by atoms with E-state index in [0.717, 1.165) is 27.3 Å². The first-order valence-corrected chi connectivity index (χ1v) is 13.7. The zero-order valence-electron chi connectivity index (χ0n) is 22.6. The lowest BCUT2D eigenvalue weighted by atomic mass is 9.80. The van der Waals surface area contributed by atoms with Crippen molar-refractivity contribution in [2.24, 2.45) is 0 Å². The molecule has 0 bridgehead atoms. The molecule has 2 aliphatic heterocycles. The number of urea groups is 1. The van der Waals surface area contributed by atoms with Crippen LogP contribution in [-0.4, -0.2) is 62.5 Å². The van der Waals surface area contributed by atoms with Crippen molar-refractivity contribution in [1.29, 1.82) is 0 Å². The van der Waals surface area contributed by atoms with Gasteiger partial charge in [0, 0.05) is 30.8 Å². The number of pyridine rings is 2. The van der Waals surface area contributed by atoms with Gasteiger partial charge in [-0.3, -0.25) is 29.2 Å². The SMILES string of the molecule is CC(F)(F)CN1C(=O)N(CC(=O)Nc2cnc3c(c2)CC2(C3)C(=O)Nc3ncccc32)C2(CCc3ccccc32)C1=O. The Morgan fingerprint density at radius 3 is 2.67 bits per heavy atom. The van der Waals surface area contributed by atoms with Gasteiger partial charge in [0.1, 0.15) is 12.4 Å². The van der Waals surface area contributed by atoms with Crippen molar-refractivity contribution in [3.63, 3.8) is 0 Å². The van der Waals surface area contributed by atoms with Gasteiger partial charge in [-0.2, -0.15) is 0 Å². The largest absolute Gasteiger partial charge is 0.328 e. The van der Waals surface area contributed by atoms with Crippen LogP contribution in [0.5, 0.6) is 0 Å². The van der Waals surface area contributed by atoms with Gasteiger partial charge in [0.25, 0.3) is 11.8 Å². The quantitative estimate of drug-likeness (QED) is 0.453. The van der Waals surface area contributed by atoms with Crippen molar-refractivity contribution in [2.75, 3.05) is 23.7 Å². The minimum Gasteiger partial charge on any atom is -0.323 e. The average molecular weight is 573 g/mol. The van der Waals surface area contributed by atoms with Crippen LogP contribution < -0.4 is 10.6 Å². The molecular weight excluding hydrogens is 546 g/mol. The number of hydrogen-bond acceptors (Lipinski definition) is 6. The highest BCUT2D eigenvalue weighted by Crippen LogP contribution is 2.48. The zero-order chi connectivity index (χ0) is 29.4. The van der Waals surface area contributed by atoms with Gasteiger partial charge in [-0.05, 0) is 48.1 Å². The van der Waals surface area contributed by atoms with E-state index in [1.165, 1.54) is 6.20 Å². The normalized spacial score (nSPS) is 23.9. The first kappa shape index (κ1) is 26.2. The predicted octanol–water partition coefficient (Wildman–Crippen LogP) is 3.16. The van der Waals surface area contributed by atoms with Crippen LogP contribution in [0.2, 0.25) is 0 Å². The Balaban J connectivity index is 1.15. The summed E-state index contributed by atoms with van der Waals surface area (Å²) in [6, 6.07) is 11.5. The van der Waals surface area contributed by atoms with E-state index in [9.17, 15) is 28.0 Å². The number of halogens is 2. The molecule has 2 aromatic heterocycles. The molecule has 0 saturated carbocycles. The summed E-state index contributed by atoms with van der Waals surface area (Å²) in [5, 5.41) is 5.60. The second-order valence-corrected chi connectivity index (χ2v) is 11.5. The standard InChI is InChI=1S/C30H26F2N6O4/c1-28(31,32)16-37-26(41)30(9-8-17-5-2-3-6-20(17)30)38(27(37)42)15-23(39)35-19-11-18-12-29(13-22(18)34-14-19)21-7-4-10-33-24(21)36-25(29)40/h2-7,10-11,14H,8-9,12-13,15-16H2,1H3,(H,35,39)(H,33,36,40). The molecule has 1 saturated heterocycles. The molecule has 42 heavy (non-hydrogen) atoms. The molecule has 2 aliphatic carbocycles. The number of aromatic nitrogens is 2. The lowest BCUT2D eigenvalue weighted by molar-refractivity contribution is -0.137. The molecule has 7 rings (SSSR count). The van der Waals surface area contributed by atoms with Gasteiger partial charge >= 0.3 is 6.03 Å². The highest BCUT2D eigenvalue weighted by molar-refractivity contribution is 6.10. The van der Waals surface area contributed by atoms with E-state index in [0.29, 0.717) is 48.2 Å². The van der Waals surface area contributed by atoms with Crippen LogP contribution >= 0.6 is 0 Å². The maximum atomic E-state index is 14.0. The number of anilines is 2. The number of amides is 5. The number of rotatable bonds is 5. The minimum absolute atomic E-state index is 0.152. The van der Waals surface area contributed by atoms with Crippen LogP contribution in [0, 0.1) is 0 Å². The number of fused-ring (bicyclic) bond motifs is 5. The van der Waals surface area contributed by atoms with Crippen molar-refractivity contribution in [3.8, 4) is 0 Å². The molecule has 2 N–H and O–H groups in total. The Kier molecular flexibility index (Phi) is 5.53. The fourth-order valence-electron chi connectivity index (χ4n) is 6.98. The fourth-order valence-corrected chi connectivity index (χ4v) is 6.98. The Bertz CT molecular complexity index is 1710. The smallest absolute Gasteiger partial charge is 0.323 e. The summed E-state index contributed by atoms with van der Waals surface area (Å²) in [6.45, 7) is -0.948. The number of benzene rings is 1. The van der Waals surface area contributed by atoms with E-state index in [-0.39, 0.29) is 12.3 Å². The Hall–Kier alpha value is -4.74. The predicted molar refractivity (Wildman–Crippen MR) is 146 cm³/mol. The van der Waals surface area contributed by atoms with Gasteiger partial charge in [-0.15, -0.1) is 0 Å².